The first-order chi connectivity index (χ1) is 9.94. The van der Waals surface area contributed by atoms with E-state index >= 15 is 0 Å². The van der Waals surface area contributed by atoms with Gasteiger partial charge in [-0.3, -0.25) is 5.10 Å². The van der Waals surface area contributed by atoms with Crippen LogP contribution in [0.15, 0.2) is 23.4 Å². The molecule has 7 nitrogen and oxygen atoms in total. The molecule has 0 aliphatic carbocycles. The van der Waals surface area contributed by atoms with E-state index in [1.54, 1.807) is 13.0 Å². The van der Waals surface area contributed by atoms with Crippen LogP contribution in [0.4, 0.5) is 0 Å². The van der Waals surface area contributed by atoms with Gasteiger partial charge in [0, 0.05) is 6.54 Å². The molecule has 0 bridgehead atoms. The number of H-pyrrole nitrogens is 1. The second-order valence-corrected chi connectivity index (χ2v) is 6.57. The van der Waals surface area contributed by atoms with Crippen LogP contribution in [0.5, 0.6) is 0 Å². The van der Waals surface area contributed by atoms with Crippen LogP contribution >= 0.6 is 0 Å². The van der Waals surface area contributed by atoms with Gasteiger partial charge in [0.05, 0.1) is 11.4 Å². The van der Waals surface area contributed by atoms with Gasteiger partial charge in [-0.1, -0.05) is 6.07 Å². The third-order valence-corrected chi connectivity index (χ3v) is 4.73. The molecular formula is C13H19N5O2S. The highest BCUT2D eigenvalue weighted by Gasteiger charge is 2.18. The zero-order chi connectivity index (χ0) is 15.5. The number of benzene rings is 1. The normalized spacial score (nSPS) is 11.8. The number of hydrogen-bond acceptors (Lipinski definition) is 5. The summed E-state index contributed by atoms with van der Waals surface area (Å²) in [7, 11) is -1.76. The molecule has 1 aromatic carbocycles. The minimum absolute atomic E-state index is 0.0804. The molecule has 8 heteroatoms. The van der Waals surface area contributed by atoms with Crippen molar-refractivity contribution in [1.82, 2.24) is 25.2 Å². The van der Waals surface area contributed by atoms with Gasteiger partial charge in [0.25, 0.3) is 0 Å². The van der Waals surface area contributed by atoms with E-state index < -0.39 is 10.0 Å². The highest BCUT2D eigenvalue weighted by Crippen LogP contribution is 2.20. The molecule has 0 saturated carbocycles. The largest absolute Gasteiger partial charge is 0.316 e. The summed E-state index contributed by atoms with van der Waals surface area (Å²) in [6.07, 6.45) is 1.34. The van der Waals surface area contributed by atoms with E-state index in [-0.39, 0.29) is 11.4 Å². The van der Waals surface area contributed by atoms with Crippen LogP contribution in [0.25, 0.3) is 0 Å². The average molecular weight is 309 g/mol. The molecule has 0 aliphatic heterocycles. The minimum Gasteiger partial charge on any atom is -0.316 e. The number of nitrogens with zero attached hydrogens (tertiary/aromatic N) is 2. The van der Waals surface area contributed by atoms with Crippen molar-refractivity contribution in [2.24, 2.45) is 0 Å². The quantitative estimate of drug-likeness (QED) is 0.726. The molecule has 0 atom stereocenters. The molecule has 2 aromatic rings. The summed E-state index contributed by atoms with van der Waals surface area (Å²) in [5, 5.41) is 9.34. The van der Waals surface area contributed by atoms with Crippen LogP contribution in [-0.4, -0.2) is 30.6 Å². The Hall–Kier alpha value is -1.77. The maximum Gasteiger partial charge on any atom is 0.241 e. The Kier molecular flexibility index (Phi) is 4.71. The third kappa shape index (κ3) is 3.66. The number of aromatic amines is 1. The summed E-state index contributed by atoms with van der Waals surface area (Å²) in [5.41, 5.74) is 2.75. The van der Waals surface area contributed by atoms with E-state index in [1.807, 2.05) is 20.0 Å². The minimum atomic E-state index is -3.59. The summed E-state index contributed by atoms with van der Waals surface area (Å²) >= 11 is 0. The number of hydrogen-bond donors (Lipinski definition) is 3. The summed E-state index contributed by atoms with van der Waals surface area (Å²) in [6.45, 7) is 4.46. The van der Waals surface area contributed by atoms with Crippen LogP contribution in [0.2, 0.25) is 0 Å². The van der Waals surface area contributed by atoms with Gasteiger partial charge >= 0.3 is 0 Å². The van der Waals surface area contributed by atoms with Crippen LogP contribution < -0.4 is 10.0 Å². The van der Waals surface area contributed by atoms with Crippen molar-refractivity contribution >= 4 is 10.0 Å². The fourth-order valence-electron chi connectivity index (χ4n) is 2.10. The maximum atomic E-state index is 12.4. The van der Waals surface area contributed by atoms with Crippen molar-refractivity contribution in [2.45, 2.75) is 31.8 Å². The topological polar surface area (TPSA) is 99.8 Å². The van der Waals surface area contributed by atoms with Crippen LogP contribution in [0, 0.1) is 13.8 Å². The van der Waals surface area contributed by atoms with Crippen molar-refractivity contribution in [3.05, 3.63) is 41.0 Å². The fraction of sp³-hybridized carbons (Fsp3) is 0.385. The fourth-order valence-corrected chi connectivity index (χ4v) is 3.36. The molecule has 2 rings (SSSR count). The monoisotopic (exact) mass is 309 g/mol. The first-order valence-corrected chi connectivity index (χ1v) is 8.01. The van der Waals surface area contributed by atoms with Crippen LogP contribution in [0.3, 0.4) is 0 Å². The van der Waals surface area contributed by atoms with Crippen molar-refractivity contribution in [3.63, 3.8) is 0 Å². The van der Waals surface area contributed by atoms with E-state index in [1.165, 1.54) is 6.33 Å². The summed E-state index contributed by atoms with van der Waals surface area (Å²) in [4.78, 5) is 4.18. The predicted octanol–water partition coefficient (Wildman–Crippen LogP) is 0.619. The molecule has 3 N–H and O–H groups in total. The Morgan fingerprint density at radius 2 is 1.95 bits per heavy atom. The molecule has 0 fully saturated rings. The van der Waals surface area contributed by atoms with Crippen molar-refractivity contribution in [2.75, 3.05) is 7.05 Å². The summed E-state index contributed by atoms with van der Waals surface area (Å²) < 4.78 is 27.4. The molecule has 0 unspecified atom stereocenters. The number of sulfonamides is 1. The molecular weight excluding hydrogens is 290 g/mol. The highest BCUT2D eigenvalue weighted by molar-refractivity contribution is 7.89. The number of nitrogens with one attached hydrogen (secondary N) is 3. The maximum absolute atomic E-state index is 12.4. The number of aryl methyl sites for hydroxylation is 2. The second kappa shape index (κ2) is 6.33. The molecule has 114 valence electrons. The lowest BCUT2D eigenvalue weighted by Gasteiger charge is -2.13. The van der Waals surface area contributed by atoms with Crippen LogP contribution in [-0.2, 0) is 23.1 Å². The molecule has 0 amide bonds. The van der Waals surface area contributed by atoms with E-state index in [9.17, 15) is 8.42 Å². The molecule has 0 saturated heterocycles. The highest BCUT2D eigenvalue weighted by atomic mass is 32.2. The Morgan fingerprint density at radius 3 is 2.57 bits per heavy atom. The van der Waals surface area contributed by atoms with Gasteiger partial charge in [-0.25, -0.2) is 18.1 Å². The molecule has 0 spiro atoms. The van der Waals surface area contributed by atoms with E-state index in [0.29, 0.717) is 12.4 Å². The van der Waals surface area contributed by atoms with Gasteiger partial charge in [0.2, 0.25) is 10.0 Å². The lowest BCUT2D eigenvalue weighted by atomic mass is 10.1. The summed E-state index contributed by atoms with van der Waals surface area (Å²) in [6, 6.07) is 3.60. The number of aromatic nitrogens is 3. The lowest BCUT2D eigenvalue weighted by molar-refractivity contribution is 0.578. The molecule has 1 heterocycles. The van der Waals surface area contributed by atoms with Gasteiger partial charge in [0.15, 0.2) is 0 Å². The van der Waals surface area contributed by atoms with Gasteiger partial charge < -0.3 is 5.32 Å². The van der Waals surface area contributed by atoms with Crippen LogP contribution in [0.1, 0.15) is 22.5 Å². The Morgan fingerprint density at radius 1 is 1.19 bits per heavy atom. The molecule has 0 radical (unpaired) electrons. The van der Waals surface area contributed by atoms with Gasteiger partial charge in [-0.05, 0) is 43.7 Å². The Balaban J connectivity index is 2.28. The molecule has 21 heavy (non-hydrogen) atoms. The molecule has 1 aromatic heterocycles. The van der Waals surface area contributed by atoms with Crippen molar-refractivity contribution in [1.29, 1.82) is 0 Å². The first kappa shape index (κ1) is 15.6. The van der Waals surface area contributed by atoms with Crippen molar-refractivity contribution in [3.8, 4) is 0 Å². The SMILES string of the molecule is CNCc1cc(S(=O)(=O)NCc2ncn[nH]2)c(C)cc1C. The molecule has 0 aliphatic rings. The van der Waals surface area contributed by atoms with E-state index in [4.69, 9.17) is 0 Å². The van der Waals surface area contributed by atoms with E-state index in [0.717, 1.165) is 16.7 Å². The Labute approximate surface area is 124 Å². The summed E-state index contributed by atoms with van der Waals surface area (Å²) in [5.74, 6) is 0.471. The van der Waals surface area contributed by atoms with Gasteiger partial charge in [-0.2, -0.15) is 5.10 Å². The van der Waals surface area contributed by atoms with E-state index in [2.05, 4.69) is 25.2 Å². The smallest absolute Gasteiger partial charge is 0.241 e. The second-order valence-electron chi connectivity index (χ2n) is 4.83. The Bertz CT molecular complexity index is 710. The third-order valence-electron chi connectivity index (χ3n) is 3.18. The average Bonchev–Trinajstić information content (AvgIpc) is 2.93. The van der Waals surface area contributed by atoms with Gasteiger partial charge in [0.1, 0.15) is 12.2 Å². The number of rotatable bonds is 6. The van der Waals surface area contributed by atoms with Crippen molar-refractivity contribution < 1.29 is 8.42 Å². The first-order valence-electron chi connectivity index (χ1n) is 6.52. The van der Waals surface area contributed by atoms with Gasteiger partial charge in [-0.15, -0.1) is 0 Å². The zero-order valence-corrected chi connectivity index (χ0v) is 13.1. The standard InChI is InChI=1S/C13H19N5O2S/c1-9-4-10(2)12(5-11(9)6-14-3)21(19,20)17-7-13-15-8-16-18-13/h4-5,8,14,17H,6-7H2,1-3H3,(H,15,16,18). The predicted molar refractivity (Wildman–Crippen MR) is 79.1 cm³/mol. The zero-order valence-electron chi connectivity index (χ0n) is 12.3. The lowest BCUT2D eigenvalue weighted by Crippen LogP contribution is -2.25.